The van der Waals surface area contributed by atoms with Crippen molar-refractivity contribution in [3.8, 4) is 11.5 Å². The second-order valence-electron chi connectivity index (χ2n) is 8.84. The quantitative estimate of drug-likeness (QED) is 0.125. The van der Waals surface area contributed by atoms with E-state index >= 15 is 0 Å². The lowest BCUT2D eigenvalue weighted by atomic mass is 10.1. The predicted molar refractivity (Wildman–Crippen MR) is 154 cm³/mol. The van der Waals surface area contributed by atoms with E-state index < -0.39 is 20.2 Å². The highest BCUT2D eigenvalue weighted by atomic mass is 32.2. The summed E-state index contributed by atoms with van der Waals surface area (Å²) in [7, 11) is -7.33. The van der Waals surface area contributed by atoms with Crippen LogP contribution in [0.3, 0.4) is 0 Å². The Balaban J connectivity index is 0.00000116. The fourth-order valence-corrected chi connectivity index (χ4v) is 3.13. The molecule has 10 nitrogen and oxygen atoms in total. The van der Waals surface area contributed by atoms with Crippen molar-refractivity contribution >= 4 is 31.6 Å². The first-order chi connectivity index (χ1) is 17.7. The molecule has 218 valence electrons. The minimum Gasteiger partial charge on any atom is -0.494 e. The van der Waals surface area contributed by atoms with E-state index in [0.717, 1.165) is 48.9 Å². The Morgan fingerprint density at radius 2 is 0.737 bits per heavy atom. The summed E-state index contributed by atoms with van der Waals surface area (Å²) in [4.78, 5) is 0. The zero-order valence-corrected chi connectivity index (χ0v) is 24.1. The Morgan fingerprint density at radius 1 is 0.526 bits per heavy atom. The van der Waals surface area contributed by atoms with E-state index in [0.29, 0.717) is 12.5 Å². The Kier molecular flexibility index (Phi) is 19.1. The molecule has 0 aliphatic heterocycles. The van der Waals surface area contributed by atoms with Gasteiger partial charge in [0.25, 0.3) is 20.2 Å². The Bertz CT molecular complexity index is 956. The Hall–Kier alpha value is -2.54. The van der Waals surface area contributed by atoms with Crippen LogP contribution in [-0.2, 0) is 20.2 Å². The largest absolute Gasteiger partial charge is 0.494 e. The first kappa shape index (κ1) is 35.5. The van der Waals surface area contributed by atoms with Crippen LogP contribution in [0.4, 0.5) is 11.4 Å². The summed E-state index contributed by atoms with van der Waals surface area (Å²) < 4.78 is 63.2. The van der Waals surface area contributed by atoms with Gasteiger partial charge in [0.1, 0.15) is 11.5 Å². The molecule has 6 N–H and O–H groups in total. The number of ether oxygens (including phenoxy) is 2. The highest BCUT2D eigenvalue weighted by Crippen LogP contribution is 2.16. The van der Waals surface area contributed by atoms with Crippen LogP contribution in [0.5, 0.6) is 11.5 Å². The Morgan fingerprint density at radius 3 is 0.974 bits per heavy atom. The lowest BCUT2D eigenvalue weighted by molar-refractivity contribution is 0.303. The first-order valence-electron chi connectivity index (χ1n) is 12.6. The van der Waals surface area contributed by atoms with Crippen LogP contribution in [0.15, 0.2) is 48.5 Å². The van der Waals surface area contributed by atoms with Gasteiger partial charge in [-0.2, -0.15) is 16.8 Å². The molecule has 0 unspecified atom stereocenters. The van der Waals surface area contributed by atoms with Crippen LogP contribution in [0.25, 0.3) is 0 Å². The van der Waals surface area contributed by atoms with E-state index in [1.807, 2.05) is 48.5 Å². The van der Waals surface area contributed by atoms with Gasteiger partial charge in [-0.15, -0.1) is 0 Å². The fourth-order valence-electron chi connectivity index (χ4n) is 3.13. The molecule has 0 bridgehead atoms. The van der Waals surface area contributed by atoms with E-state index in [1.165, 1.54) is 51.4 Å². The fraction of sp³-hybridized carbons (Fsp3) is 0.538. The second-order valence-corrected chi connectivity index (χ2v) is 11.8. The molecular weight excluding hydrogens is 532 g/mol. The maximum absolute atomic E-state index is 9.19. The van der Waals surface area contributed by atoms with Gasteiger partial charge in [-0.25, -0.2) is 0 Å². The molecule has 2 rings (SSSR count). The molecule has 0 saturated heterocycles. The van der Waals surface area contributed by atoms with Crippen LogP contribution in [0.2, 0.25) is 0 Å². The van der Waals surface area contributed by atoms with Gasteiger partial charge in [0.2, 0.25) is 0 Å². The van der Waals surface area contributed by atoms with Crippen LogP contribution in [-0.4, -0.2) is 51.7 Å². The van der Waals surface area contributed by atoms with Gasteiger partial charge >= 0.3 is 0 Å². The molecule has 0 fully saturated rings. The Labute approximate surface area is 228 Å². The van der Waals surface area contributed by atoms with E-state index in [-0.39, 0.29) is 0 Å². The number of benzene rings is 2. The molecule has 0 aliphatic carbocycles. The molecule has 0 aromatic heterocycles. The number of hydrogen-bond acceptors (Lipinski definition) is 8. The third-order valence-corrected chi connectivity index (χ3v) is 4.84. The molecule has 0 saturated carbocycles. The van der Waals surface area contributed by atoms with E-state index in [2.05, 4.69) is 0 Å². The number of nitrogen functional groups attached to an aromatic ring is 2. The summed E-state index contributed by atoms with van der Waals surface area (Å²) in [6, 6.07) is 15.2. The van der Waals surface area contributed by atoms with E-state index in [9.17, 15) is 16.8 Å². The van der Waals surface area contributed by atoms with Crippen molar-refractivity contribution in [2.45, 2.75) is 64.2 Å². The van der Waals surface area contributed by atoms with Crippen LogP contribution < -0.4 is 20.9 Å². The SMILES string of the molecule is CS(=O)(=O)O.CS(=O)(=O)O.Nc1ccc(OCCCCCCCCCCCCOc2ccc(N)cc2)cc1. The monoisotopic (exact) mass is 576 g/mol. The summed E-state index contributed by atoms with van der Waals surface area (Å²) in [5.41, 5.74) is 12.9. The second kappa shape index (κ2) is 20.4. The summed E-state index contributed by atoms with van der Waals surface area (Å²) in [5.74, 6) is 1.82. The molecule has 0 radical (unpaired) electrons. The van der Waals surface area contributed by atoms with E-state index in [1.54, 1.807) is 0 Å². The highest BCUT2D eigenvalue weighted by Gasteiger charge is 1.97. The smallest absolute Gasteiger partial charge is 0.261 e. The van der Waals surface area contributed by atoms with Crippen LogP contribution in [0, 0.1) is 0 Å². The summed E-state index contributed by atoms with van der Waals surface area (Å²) in [5, 5.41) is 0. The van der Waals surface area contributed by atoms with Crippen molar-refractivity contribution in [1.29, 1.82) is 0 Å². The van der Waals surface area contributed by atoms with Crippen molar-refractivity contribution in [3.63, 3.8) is 0 Å². The minimum atomic E-state index is -3.67. The average molecular weight is 577 g/mol. The molecular formula is C26H44N2O8S2. The lowest BCUT2D eigenvalue weighted by Gasteiger charge is -2.07. The van der Waals surface area contributed by atoms with E-state index in [4.69, 9.17) is 30.0 Å². The normalized spacial score (nSPS) is 10.9. The van der Waals surface area contributed by atoms with Gasteiger partial charge < -0.3 is 20.9 Å². The van der Waals surface area contributed by atoms with Crippen molar-refractivity contribution in [2.75, 3.05) is 37.2 Å². The molecule has 0 aliphatic rings. The number of unbranched alkanes of at least 4 members (excludes halogenated alkanes) is 9. The zero-order valence-electron chi connectivity index (χ0n) is 22.4. The number of rotatable bonds is 15. The molecule has 0 spiro atoms. The first-order valence-corrected chi connectivity index (χ1v) is 16.3. The third-order valence-electron chi connectivity index (χ3n) is 4.84. The topological polar surface area (TPSA) is 179 Å². The van der Waals surface area contributed by atoms with Gasteiger partial charge in [0, 0.05) is 11.4 Å². The van der Waals surface area contributed by atoms with Gasteiger partial charge in [0.05, 0.1) is 25.7 Å². The van der Waals surface area contributed by atoms with Crippen molar-refractivity contribution in [1.82, 2.24) is 0 Å². The van der Waals surface area contributed by atoms with Crippen LogP contribution >= 0.6 is 0 Å². The predicted octanol–water partition coefficient (Wildman–Crippen LogP) is 5.22. The zero-order chi connectivity index (χ0) is 28.9. The van der Waals surface area contributed by atoms with Crippen molar-refractivity contribution < 1.29 is 35.4 Å². The minimum absolute atomic E-state index is 0.715. The third kappa shape index (κ3) is 29.7. The molecule has 2 aromatic carbocycles. The van der Waals surface area contributed by atoms with Gasteiger partial charge in [-0.1, -0.05) is 51.4 Å². The van der Waals surface area contributed by atoms with Gasteiger partial charge in [-0.05, 0) is 61.4 Å². The molecule has 12 heteroatoms. The van der Waals surface area contributed by atoms with Gasteiger partial charge in [0.15, 0.2) is 0 Å². The summed E-state index contributed by atoms with van der Waals surface area (Å²) >= 11 is 0. The maximum atomic E-state index is 9.19. The summed E-state index contributed by atoms with van der Waals surface area (Å²) in [6.07, 6.45) is 14.2. The lowest BCUT2D eigenvalue weighted by Crippen LogP contribution is -1.97. The molecule has 38 heavy (non-hydrogen) atoms. The molecule has 2 aromatic rings. The number of nitrogens with two attached hydrogens (primary N) is 2. The van der Waals surface area contributed by atoms with Gasteiger partial charge in [-0.3, -0.25) is 9.11 Å². The van der Waals surface area contributed by atoms with Crippen LogP contribution in [0.1, 0.15) is 64.2 Å². The average Bonchev–Trinajstić information content (AvgIpc) is 2.79. The summed E-state index contributed by atoms with van der Waals surface area (Å²) in [6.45, 7) is 1.59. The van der Waals surface area contributed by atoms with Crippen molar-refractivity contribution in [3.05, 3.63) is 48.5 Å². The highest BCUT2D eigenvalue weighted by molar-refractivity contribution is 7.85. The molecule has 0 atom stereocenters. The molecule has 0 amide bonds. The maximum Gasteiger partial charge on any atom is 0.261 e. The number of hydrogen-bond donors (Lipinski definition) is 4. The number of anilines is 2. The molecule has 0 heterocycles. The van der Waals surface area contributed by atoms with Crippen molar-refractivity contribution in [2.24, 2.45) is 0 Å². The standard InChI is InChI=1S/C24H36N2O2.2CH4O3S/c25-21-11-15-23(16-12-21)27-19-9-7-5-3-1-2-4-6-8-10-20-28-24-17-13-22(26)14-18-24;2*1-5(2,3)4/h11-18H,1-10,19-20,25-26H2;2*1H3,(H,2,3,4).